The average molecular weight is 311 g/mol. The molecule has 0 unspecified atom stereocenters. The molecule has 4 heteroatoms. The summed E-state index contributed by atoms with van der Waals surface area (Å²) in [7, 11) is 0. The van der Waals surface area contributed by atoms with Gasteiger partial charge in [-0.3, -0.25) is 0 Å². The number of benzene rings is 1. The maximum absolute atomic E-state index is 6.09. The topological polar surface area (TPSA) is 38.9 Å². The van der Waals surface area contributed by atoms with E-state index < -0.39 is 0 Å². The Labute approximate surface area is 114 Å². The fourth-order valence-electron chi connectivity index (χ4n) is 1.58. The zero-order valence-corrected chi connectivity index (χ0v) is 12.5. The Morgan fingerprint density at radius 3 is 2.59 bits per heavy atom. The van der Waals surface area contributed by atoms with Crippen molar-refractivity contribution in [2.45, 2.75) is 26.3 Å². The molecule has 1 aromatic carbocycles. The van der Waals surface area contributed by atoms with E-state index in [1.165, 1.54) is 4.88 Å². The molecule has 1 heterocycles. The van der Waals surface area contributed by atoms with Gasteiger partial charge in [-0.25, -0.2) is 4.98 Å². The van der Waals surface area contributed by atoms with Crippen LogP contribution < -0.4 is 5.73 Å². The van der Waals surface area contributed by atoms with Gasteiger partial charge in [0.1, 0.15) is 5.01 Å². The molecule has 0 aliphatic rings. The second-order valence-corrected chi connectivity index (χ2v) is 6.77. The summed E-state index contributed by atoms with van der Waals surface area (Å²) in [5.41, 5.74) is 7.87. The van der Waals surface area contributed by atoms with Crippen molar-refractivity contribution in [1.82, 2.24) is 4.98 Å². The summed E-state index contributed by atoms with van der Waals surface area (Å²) >= 11 is 5.15. The Morgan fingerprint density at radius 1 is 1.35 bits per heavy atom. The van der Waals surface area contributed by atoms with Gasteiger partial charge >= 0.3 is 0 Å². The first kappa shape index (κ1) is 12.7. The Bertz CT molecular complexity index is 541. The standard InChI is InChI=1S/C13H15BrN2S/c1-8-11(9-5-4-6-10(14)7-9)16-12(17-8)13(2,3)15/h4-7H,15H2,1-3H3. The third-order valence-electron chi connectivity index (χ3n) is 2.45. The predicted molar refractivity (Wildman–Crippen MR) is 77.2 cm³/mol. The van der Waals surface area contributed by atoms with Crippen LogP contribution in [0.2, 0.25) is 0 Å². The van der Waals surface area contributed by atoms with Gasteiger partial charge in [0.15, 0.2) is 0 Å². The molecular weight excluding hydrogens is 296 g/mol. The number of hydrogen-bond donors (Lipinski definition) is 1. The molecule has 1 aromatic heterocycles. The Hall–Kier alpha value is -0.710. The van der Waals surface area contributed by atoms with Crippen molar-refractivity contribution in [1.29, 1.82) is 0 Å². The molecule has 2 nitrogen and oxygen atoms in total. The van der Waals surface area contributed by atoms with Crippen molar-refractivity contribution < 1.29 is 0 Å². The largest absolute Gasteiger partial charge is 0.320 e. The van der Waals surface area contributed by atoms with Crippen molar-refractivity contribution in [2.24, 2.45) is 5.73 Å². The summed E-state index contributed by atoms with van der Waals surface area (Å²) < 4.78 is 1.07. The van der Waals surface area contributed by atoms with E-state index in [1.807, 2.05) is 26.0 Å². The van der Waals surface area contributed by atoms with Crippen LogP contribution in [0.1, 0.15) is 23.7 Å². The molecule has 0 saturated carbocycles. The molecule has 0 amide bonds. The average Bonchev–Trinajstić information content (AvgIpc) is 2.60. The van der Waals surface area contributed by atoms with E-state index in [-0.39, 0.29) is 5.54 Å². The third-order valence-corrected chi connectivity index (χ3v) is 4.25. The first-order valence-electron chi connectivity index (χ1n) is 5.40. The summed E-state index contributed by atoms with van der Waals surface area (Å²) in [6, 6.07) is 8.18. The lowest BCUT2D eigenvalue weighted by molar-refractivity contribution is 0.551. The Kier molecular flexibility index (Phi) is 3.39. The van der Waals surface area contributed by atoms with Gasteiger partial charge in [0, 0.05) is 14.9 Å². The van der Waals surface area contributed by atoms with Crippen LogP contribution in [0.15, 0.2) is 28.7 Å². The molecule has 2 rings (SSSR count). The molecule has 0 atom stereocenters. The minimum absolute atomic E-state index is 0.375. The van der Waals surface area contributed by atoms with Crippen LogP contribution in [-0.2, 0) is 5.54 Å². The molecule has 17 heavy (non-hydrogen) atoms. The number of nitrogens with two attached hydrogens (primary N) is 1. The highest BCUT2D eigenvalue weighted by molar-refractivity contribution is 9.10. The summed E-state index contributed by atoms with van der Waals surface area (Å²) in [6.45, 7) is 6.05. The number of aryl methyl sites for hydroxylation is 1. The molecule has 0 bridgehead atoms. The number of aromatic nitrogens is 1. The molecule has 0 spiro atoms. The van der Waals surface area contributed by atoms with E-state index in [9.17, 15) is 0 Å². The van der Waals surface area contributed by atoms with E-state index >= 15 is 0 Å². The molecule has 2 aromatic rings. The zero-order chi connectivity index (χ0) is 12.6. The van der Waals surface area contributed by atoms with Crippen molar-refractivity contribution >= 4 is 27.3 Å². The molecule has 90 valence electrons. The van der Waals surface area contributed by atoms with Gasteiger partial charge in [0.25, 0.3) is 0 Å². The predicted octanol–water partition coefficient (Wildman–Crippen LogP) is 4.07. The van der Waals surface area contributed by atoms with Crippen LogP contribution in [-0.4, -0.2) is 4.98 Å². The molecule has 0 aliphatic heterocycles. The minimum Gasteiger partial charge on any atom is -0.320 e. The molecule has 0 radical (unpaired) electrons. The van der Waals surface area contributed by atoms with Crippen LogP contribution in [0.3, 0.4) is 0 Å². The van der Waals surface area contributed by atoms with Crippen LogP contribution in [0.25, 0.3) is 11.3 Å². The fraction of sp³-hybridized carbons (Fsp3) is 0.308. The first-order chi connectivity index (χ1) is 7.88. The highest BCUT2D eigenvalue weighted by atomic mass is 79.9. The van der Waals surface area contributed by atoms with Crippen molar-refractivity contribution in [3.05, 3.63) is 38.6 Å². The van der Waals surface area contributed by atoms with Crippen LogP contribution in [0, 0.1) is 6.92 Å². The molecule has 0 fully saturated rings. The number of rotatable bonds is 2. The Balaban J connectivity index is 2.50. The number of nitrogens with zero attached hydrogens (tertiary/aromatic N) is 1. The van der Waals surface area contributed by atoms with E-state index in [0.717, 1.165) is 20.7 Å². The smallest absolute Gasteiger partial charge is 0.113 e. The second-order valence-electron chi connectivity index (χ2n) is 4.66. The van der Waals surface area contributed by atoms with Crippen molar-refractivity contribution in [2.75, 3.05) is 0 Å². The summed E-state index contributed by atoms with van der Waals surface area (Å²) in [4.78, 5) is 5.87. The molecule has 0 saturated heterocycles. The summed E-state index contributed by atoms with van der Waals surface area (Å²) in [5, 5.41) is 0.977. The Morgan fingerprint density at radius 2 is 2.06 bits per heavy atom. The minimum atomic E-state index is -0.375. The lowest BCUT2D eigenvalue weighted by Crippen LogP contribution is -2.28. The van der Waals surface area contributed by atoms with Gasteiger partial charge in [-0.15, -0.1) is 11.3 Å². The summed E-state index contributed by atoms with van der Waals surface area (Å²) in [6.07, 6.45) is 0. The maximum atomic E-state index is 6.09. The highest BCUT2D eigenvalue weighted by Crippen LogP contribution is 2.32. The van der Waals surface area contributed by atoms with Gasteiger partial charge in [0.05, 0.1) is 11.2 Å². The van der Waals surface area contributed by atoms with Gasteiger partial charge in [0.2, 0.25) is 0 Å². The summed E-state index contributed by atoms with van der Waals surface area (Å²) in [5.74, 6) is 0. The van der Waals surface area contributed by atoms with E-state index in [4.69, 9.17) is 5.73 Å². The normalized spacial score (nSPS) is 11.8. The molecule has 0 aliphatic carbocycles. The molecular formula is C13H15BrN2S. The second kappa shape index (κ2) is 4.52. The zero-order valence-electron chi connectivity index (χ0n) is 10.1. The van der Waals surface area contributed by atoms with Gasteiger partial charge in [-0.1, -0.05) is 28.1 Å². The lowest BCUT2D eigenvalue weighted by atomic mass is 10.1. The number of halogens is 1. The van der Waals surface area contributed by atoms with E-state index in [0.29, 0.717) is 0 Å². The SMILES string of the molecule is Cc1sc(C(C)(C)N)nc1-c1cccc(Br)c1. The van der Waals surface area contributed by atoms with Crippen molar-refractivity contribution in [3.8, 4) is 11.3 Å². The van der Waals surface area contributed by atoms with Crippen LogP contribution >= 0.6 is 27.3 Å². The van der Waals surface area contributed by atoms with E-state index in [2.05, 4.69) is 40.0 Å². The van der Waals surface area contributed by atoms with Crippen LogP contribution in [0.4, 0.5) is 0 Å². The maximum Gasteiger partial charge on any atom is 0.113 e. The monoisotopic (exact) mass is 310 g/mol. The fourth-order valence-corrected chi connectivity index (χ4v) is 2.93. The van der Waals surface area contributed by atoms with Gasteiger partial charge in [-0.05, 0) is 32.9 Å². The van der Waals surface area contributed by atoms with Crippen molar-refractivity contribution in [3.63, 3.8) is 0 Å². The quantitative estimate of drug-likeness (QED) is 0.908. The molecule has 2 N–H and O–H groups in total. The first-order valence-corrected chi connectivity index (χ1v) is 7.01. The lowest BCUT2D eigenvalue weighted by Gasteiger charge is -2.13. The number of thiazole rings is 1. The number of hydrogen-bond acceptors (Lipinski definition) is 3. The highest BCUT2D eigenvalue weighted by Gasteiger charge is 2.21. The van der Waals surface area contributed by atoms with Gasteiger partial charge in [-0.2, -0.15) is 0 Å². The van der Waals surface area contributed by atoms with Gasteiger partial charge < -0.3 is 5.73 Å². The van der Waals surface area contributed by atoms with E-state index in [1.54, 1.807) is 11.3 Å². The third kappa shape index (κ3) is 2.76. The van der Waals surface area contributed by atoms with Crippen LogP contribution in [0.5, 0.6) is 0 Å².